The van der Waals surface area contributed by atoms with Crippen molar-refractivity contribution in [2.24, 2.45) is 0 Å². The number of carbonyl (C=O) groups is 1. The summed E-state index contributed by atoms with van der Waals surface area (Å²) < 4.78 is 5.17. The van der Waals surface area contributed by atoms with Gasteiger partial charge >= 0.3 is 6.09 Å². The summed E-state index contributed by atoms with van der Waals surface area (Å²) >= 11 is 0. The summed E-state index contributed by atoms with van der Waals surface area (Å²) in [5.74, 6) is 1.07. The first kappa shape index (κ1) is 10.8. The van der Waals surface area contributed by atoms with Crippen LogP contribution in [0.3, 0.4) is 0 Å². The van der Waals surface area contributed by atoms with E-state index in [0.29, 0.717) is 24.8 Å². The quantitative estimate of drug-likeness (QED) is 0.872. The van der Waals surface area contributed by atoms with Crippen molar-refractivity contribution >= 4 is 6.09 Å². The number of hydrogen-bond donors (Lipinski definition) is 1. The van der Waals surface area contributed by atoms with E-state index in [1.807, 2.05) is 30.3 Å². The van der Waals surface area contributed by atoms with Crippen molar-refractivity contribution in [3.63, 3.8) is 0 Å². The molecule has 0 spiro atoms. The van der Waals surface area contributed by atoms with Gasteiger partial charge in [-0.1, -0.05) is 35.5 Å². The van der Waals surface area contributed by atoms with E-state index in [1.54, 1.807) is 0 Å². The molecule has 2 heterocycles. The molecule has 6 heteroatoms. The van der Waals surface area contributed by atoms with Gasteiger partial charge in [0.05, 0.1) is 5.92 Å². The highest BCUT2D eigenvalue weighted by Crippen LogP contribution is 2.27. The Bertz CT molecular complexity index is 561. The third-order valence-electron chi connectivity index (χ3n) is 2.98. The fourth-order valence-corrected chi connectivity index (χ4v) is 1.90. The molecular formula is C12H11N3O3. The molecule has 1 aliphatic heterocycles. The molecule has 1 aromatic heterocycles. The molecule has 0 bridgehead atoms. The van der Waals surface area contributed by atoms with Crippen LogP contribution in [0.15, 0.2) is 34.9 Å². The third kappa shape index (κ3) is 1.81. The highest BCUT2D eigenvalue weighted by Gasteiger charge is 2.35. The molecule has 1 fully saturated rings. The van der Waals surface area contributed by atoms with Crippen LogP contribution in [0.25, 0.3) is 11.4 Å². The minimum absolute atomic E-state index is 0.0195. The number of rotatable bonds is 2. The lowest BCUT2D eigenvalue weighted by molar-refractivity contribution is 0.0959. The molecule has 0 unspecified atom stereocenters. The van der Waals surface area contributed by atoms with Crippen LogP contribution in [0.2, 0.25) is 0 Å². The van der Waals surface area contributed by atoms with Gasteiger partial charge in [0.15, 0.2) is 0 Å². The van der Waals surface area contributed by atoms with Crippen LogP contribution >= 0.6 is 0 Å². The lowest BCUT2D eigenvalue weighted by Gasteiger charge is -2.34. The Kier molecular flexibility index (Phi) is 2.47. The number of hydrogen-bond acceptors (Lipinski definition) is 4. The summed E-state index contributed by atoms with van der Waals surface area (Å²) in [5, 5.41) is 12.6. The number of carboxylic acid groups (broad SMARTS) is 1. The molecule has 2 aromatic rings. The molecule has 6 nitrogen and oxygen atoms in total. The van der Waals surface area contributed by atoms with Gasteiger partial charge < -0.3 is 14.5 Å². The Balaban J connectivity index is 1.74. The number of aromatic nitrogens is 2. The van der Waals surface area contributed by atoms with Crippen molar-refractivity contribution in [3.05, 3.63) is 36.2 Å². The van der Waals surface area contributed by atoms with Gasteiger partial charge in [0.2, 0.25) is 11.7 Å². The number of benzene rings is 1. The summed E-state index contributed by atoms with van der Waals surface area (Å²) in [6.45, 7) is 0.845. The Hall–Kier alpha value is -2.37. The highest BCUT2D eigenvalue weighted by molar-refractivity contribution is 5.66. The summed E-state index contributed by atoms with van der Waals surface area (Å²) in [6.07, 6.45) is -0.908. The first-order valence-corrected chi connectivity index (χ1v) is 5.61. The monoisotopic (exact) mass is 245 g/mol. The van der Waals surface area contributed by atoms with Gasteiger partial charge in [-0.2, -0.15) is 4.98 Å². The average molecular weight is 245 g/mol. The van der Waals surface area contributed by atoms with Crippen LogP contribution in [-0.4, -0.2) is 39.3 Å². The van der Waals surface area contributed by atoms with Crippen LogP contribution in [0.1, 0.15) is 11.8 Å². The van der Waals surface area contributed by atoms with Crippen LogP contribution < -0.4 is 0 Å². The van der Waals surface area contributed by atoms with Crippen LogP contribution in [0, 0.1) is 0 Å². The maximum atomic E-state index is 10.6. The van der Waals surface area contributed by atoms with Crippen molar-refractivity contribution in [2.75, 3.05) is 13.1 Å². The summed E-state index contributed by atoms with van der Waals surface area (Å²) in [7, 11) is 0. The second-order valence-electron chi connectivity index (χ2n) is 4.21. The van der Waals surface area contributed by atoms with Gasteiger partial charge in [0.25, 0.3) is 0 Å². The summed E-state index contributed by atoms with van der Waals surface area (Å²) in [6, 6.07) is 9.53. The zero-order valence-corrected chi connectivity index (χ0v) is 9.48. The lowest BCUT2D eigenvalue weighted by Crippen LogP contribution is -2.47. The molecule has 0 atom stereocenters. The van der Waals surface area contributed by atoms with E-state index in [4.69, 9.17) is 9.63 Å². The number of nitrogens with zero attached hydrogens (tertiary/aromatic N) is 3. The van der Waals surface area contributed by atoms with Crippen molar-refractivity contribution < 1.29 is 14.4 Å². The molecule has 0 saturated carbocycles. The van der Waals surface area contributed by atoms with E-state index in [9.17, 15) is 4.79 Å². The van der Waals surface area contributed by atoms with Gasteiger partial charge in [0, 0.05) is 18.7 Å². The molecule has 18 heavy (non-hydrogen) atoms. The Labute approximate surface area is 103 Å². The van der Waals surface area contributed by atoms with E-state index in [2.05, 4.69) is 10.1 Å². The predicted molar refractivity (Wildman–Crippen MR) is 62.1 cm³/mol. The average Bonchev–Trinajstić information content (AvgIpc) is 2.77. The van der Waals surface area contributed by atoms with E-state index in [0.717, 1.165) is 5.56 Å². The fraction of sp³-hybridized carbons (Fsp3) is 0.250. The van der Waals surface area contributed by atoms with Crippen molar-refractivity contribution in [1.82, 2.24) is 15.0 Å². The molecule has 1 saturated heterocycles. The fourth-order valence-electron chi connectivity index (χ4n) is 1.90. The molecule has 0 aliphatic carbocycles. The van der Waals surface area contributed by atoms with Gasteiger partial charge in [-0.3, -0.25) is 0 Å². The molecule has 92 valence electrons. The van der Waals surface area contributed by atoms with Crippen LogP contribution in [-0.2, 0) is 0 Å². The van der Waals surface area contributed by atoms with Crippen molar-refractivity contribution in [1.29, 1.82) is 0 Å². The Morgan fingerprint density at radius 1 is 1.33 bits per heavy atom. The molecular weight excluding hydrogens is 234 g/mol. The standard InChI is InChI=1S/C12H11N3O3/c16-12(17)15-6-9(7-15)11-13-10(14-18-11)8-4-2-1-3-5-8/h1-5,9H,6-7H2,(H,16,17). The maximum absolute atomic E-state index is 10.6. The maximum Gasteiger partial charge on any atom is 0.407 e. The minimum atomic E-state index is -0.908. The topological polar surface area (TPSA) is 79.5 Å². The normalized spacial score (nSPS) is 15.4. The van der Waals surface area contributed by atoms with Crippen molar-refractivity contribution in [2.45, 2.75) is 5.92 Å². The zero-order chi connectivity index (χ0) is 12.5. The Morgan fingerprint density at radius 3 is 2.72 bits per heavy atom. The molecule has 1 N–H and O–H groups in total. The third-order valence-corrected chi connectivity index (χ3v) is 2.98. The van der Waals surface area contributed by atoms with Gasteiger partial charge in [-0.15, -0.1) is 0 Å². The largest absolute Gasteiger partial charge is 0.465 e. The Morgan fingerprint density at radius 2 is 2.06 bits per heavy atom. The second kappa shape index (κ2) is 4.14. The number of likely N-dealkylation sites (tertiary alicyclic amines) is 1. The van der Waals surface area contributed by atoms with Crippen LogP contribution in [0.4, 0.5) is 4.79 Å². The molecule has 0 radical (unpaired) electrons. The predicted octanol–water partition coefficient (Wildman–Crippen LogP) is 1.81. The SMILES string of the molecule is O=C(O)N1CC(c2nc(-c3ccccc3)no2)C1. The lowest BCUT2D eigenvalue weighted by atomic mass is 10.0. The second-order valence-corrected chi connectivity index (χ2v) is 4.21. The smallest absolute Gasteiger partial charge is 0.407 e. The molecule has 1 aromatic carbocycles. The van der Waals surface area contributed by atoms with E-state index in [-0.39, 0.29) is 5.92 Å². The van der Waals surface area contributed by atoms with E-state index >= 15 is 0 Å². The molecule has 3 rings (SSSR count). The van der Waals surface area contributed by atoms with Gasteiger partial charge in [0.1, 0.15) is 0 Å². The van der Waals surface area contributed by atoms with E-state index in [1.165, 1.54) is 4.90 Å². The number of amides is 1. The highest BCUT2D eigenvalue weighted by atomic mass is 16.5. The summed E-state index contributed by atoms with van der Waals surface area (Å²) in [5.41, 5.74) is 0.891. The molecule has 1 aliphatic rings. The minimum Gasteiger partial charge on any atom is -0.465 e. The van der Waals surface area contributed by atoms with Gasteiger partial charge in [-0.25, -0.2) is 4.79 Å². The summed E-state index contributed by atoms with van der Waals surface area (Å²) in [4.78, 5) is 16.3. The first-order valence-electron chi connectivity index (χ1n) is 5.61. The molecule has 1 amide bonds. The van der Waals surface area contributed by atoms with Crippen molar-refractivity contribution in [3.8, 4) is 11.4 Å². The van der Waals surface area contributed by atoms with E-state index < -0.39 is 6.09 Å². The first-order chi connectivity index (χ1) is 8.74. The zero-order valence-electron chi connectivity index (χ0n) is 9.48. The van der Waals surface area contributed by atoms with Crippen LogP contribution in [0.5, 0.6) is 0 Å². The van der Waals surface area contributed by atoms with Gasteiger partial charge in [-0.05, 0) is 0 Å².